The summed E-state index contributed by atoms with van der Waals surface area (Å²) < 4.78 is 37.7. The maximum absolute atomic E-state index is 12.5. The van der Waals surface area contributed by atoms with Gasteiger partial charge in [0.25, 0.3) is 5.79 Å². The largest absolute Gasteiger partial charge is 0.441 e. The summed E-state index contributed by atoms with van der Waals surface area (Å²) in [5.74, 6) is -1.81. The second-order valence-electron chi connectivity index (χ2n) is 8.32. The Balaban J connectivity index is 1.86. The van der Waals surface area contributed by atoms with Gasteiger partial charge in [-0.3, -0.25) is 0 Å². The van der Waals surface area contributed by atoms with E-state index in [4.69, 9.17) is 32.5 Å². The summed E-state index contributed by atoms with van der Waals surface area (Å²) in [6.07, 6.45) is -1.79. The van der Waals surface area contributed by atoms with Crippen LogP contribution in [0, 0.1) is 0 Å². The molecule has 3 unspecified atom stereocenters. The van der Waals surface area contributed by atoms with Crippen LogP contribution in [-0.2, 0) is 32.5 Å². The number of hydrogen-bond donors (Lipinski definition) is 3. The third kappa shape index (κ3) is 11.9. The van der Waals surface area contributed by atoms with Crippen molar-refractivity contribution in [2.75, 3.05) is 52.7 Å². The molecule has 2 aliphatic heterocycles. The molecule has 2 saturated heterocycles. The molecule has 2 fully saturated rings. The minimum atomic E-state index is -2.30. The van der Waals surface area contributed by atoms with Gasteiger partial charge in [0.2, 0.25) is 0 Å². The monoisotopic (exact) mass is 521 g/mol. The highest BCUT2D eigenvalue weighted by atomic mass is 28.4. The van der Waals surface area contributed by atoms with Gasteiger partial charge in [-0.2, -0.15) is 0 Å². The number of carbonyl (C=O) groups excluding carboxylic acids is 3. The lowest BCUT2D eigenvalue weighted by Gasteiger charge is -2.31. The smallest absolute Gasteiger partial charge is 0.410 e. The zero-order chi connectivity index (χ0) is 25.7. The van der Waals surface area contributed by atoms with Gasteiger partial charge < -0.3 is 48.5 Å². The summed E-state index contributed by atoms with van der Waals surface area (Å²) in [7, 11) is -2.30. The summed E-state index contributed by atoms with van der Waals surface area (Å²) in [4.78, 5) is 36.8. The van der Waals surface area contributed by atoms with E-state index < -0.39 is 39.2 Å². The highest BCUT2D eigenvalue weighted by Crippen LogP contribution is 2.21. The molecule has 0 spiro atoms. The molecular formula is C21H39N3O10Si. The van der Waals surface area contributed by atoms with Gasteiger partial charge >= 0.3 is 26.8 Å². The average Bonchev–Trinajstić information content (AvgIpc) is 3.73. The van der Waals surface area contributed by atoms with Crippen molar-refractivity contribution in [3.8, 4) is 0 Å². The third-order valence-corrected chi connectivity index (χ3v) is 8.31. The Morgan fingerprint density at radius 2 is 1.40 bits per heavy atom. The van der Waals surface area contributed by atoms with Crippen LogP contribution in [-0.4, -0.2) is 97.5 Å². The Hall–Kier alpha value is -2.13. The van der Waals surface area contributed by atoms with Crippen molar-refractivity contribution >= 4 is 26.8 Å². The van der Waals surface area contributed by atoms with Crippen molar-refractivity contribution in [1.82, 2.24) is 16.0 Å². The summed E-state index contributed by atoms with van der Waals surface area (Å²) in [5, 5.41) is 7.72. The van der Waals surface area contributed by atoms with Gasteiger partial charge in [-0.05, 0) is 32.9 Å². The first-order chi connectivity index (χ1) is 16.7. The zero-order valence-electron chi connectivity index (χ0n) is 21.0. The van der Waals surface area contributed by atoms with Crippen LogP contribution in [0.25, 0.3) is 0 Å². The highest BCUT2D eigenvalue weighted by molar-refractivity contribution is 6.66. The maximum Gasteiger partial charge on any atom is 0.410 e. The Morgan fingerprint density at radius 3 is 1.89 bits per heavy atom. The molecule has 2 heterocycles. The minimum absolute atomic E-state index is 0.0254. The summed E-state index contributed by atoms with van der Waals surface area (Å²) in [6.45, 7) is 10.1. The minimum Gasteiger partial charge on any atom is -0.441 e. The lowest BCUT2D eigenvalue weighted by Crippen LogP contribution is -2.49. The fourth-order valence-electron chi connectivity index (χ4n) is 3.13. The van der Waals surface area contributed by atoms with E-state index in [1.807, 2.05) is 20.4 Å². The Bertz CT molecular complexity index is 686. The van der Waals surface area contributed by atoms with Gasteiger partial charge in [0.15, 0.2) is 6.61 Å². The molecule has 0 aromatic rings. The van der Waals surface area contributed by atoms with Crippen LogP contribution in [0.5, 0.6) is 0 Å². The predicted octanol–water partition coefficient (Wildman–Crippen LogP) is 1.60. The van der Waals surface area contributed by atoms with Gasteiger partial charge in [0.05, 0.1) is 25.4 Å². The van der Waals surface area contributed by atoms with Gasteiger partial charge in [0.1, 0.15) is 0 Å². The molecule has 13 nitrogen and oxygen atoms in total. The van der Waals surface area contributed by atoms with E-state index in [1.165, 1.54) is 0 Å². The number of epoxide rings is 2. The van der Waals surface area contributed by atoms with Crippen molar-refractivity contribution in [2.45, 2.75) is 64.2 Å². The molecule has 2 rings (SSSR count). The Kier molecular flexibility index (Phi) is 12.0. The van der Waals surface area contributed by atoms with E-state index in [9.17, 15) is 14.4 Å². The fraction of sp³-hybridized carbons (Fsp3) is 0.857. The molecule has 3 atom stereocenters. The number of hydrogen-bond acceptors (Lipinski definition) is 10. The van der Waals surface area contributed by atoms with Crippen LogP contribution >= 0.6 is 0 Å². The molecular weight excluding hydrogens is 482 g/mol. The van der Waals surface area contributed by atoms with Gasteiger partial charge in [0, 0.05) is 39.3 Å². The van der Waals surface area contributed by atoms with E-state index in [-0.39, 0.29) is 25.2 Å². The summed E-state index contributed by atoms with van der Waals surface area (Å²) in [6, 6.07) is 0.685. The number of ether oxygens (including phenoxy) is 5. The molecule has 0 aromatic heterocycles. The molecule has 2 aliphatic rings. The second kappa shape index (κ2) is 14.4. The van der Waals surface area contributed by atoms with Crippen LogP contribution in [0.3, 0.4) is 0 Å². The van der Waals surface area contributed by atoms with Crippen LogP contribution in [0.15, 0.2) is 0 Å². The number of carbonyl (C=O) groups is 3. The van der Waals surface area contributed by atoms with Crippen molar-refractivity contribution in [1.29, 1.82) is 0 Å². The molecule has 14 heteroatoms. The van der Waals surface area contributed by atoms with Crippen molar-refractivity contribution in [3.63, 3.8) is 0 Å². The van der Waals surface area contributed by atoms with Crippen LogP contribution in [0.2, 0.25) is 12.6 Å². The third-order valence-electron chi connectivity index (χ3n) is 5.25. The molecule has 3 N–H and O–H groups in total. The van der Waals surface area contributed by atoms with E-state index in [2.05, 4.69) is 16.0 Å². The van der Waals surface area contributed by atoms with Crippen LogP contribution < -0.4 is 16.0 Å². The molecule has 0 saturated carbocycles. The van der Waals surface area contributed by atoms with E-state index >= 15 is 0 Å². The first-order valence-corrected chi connectivity index (χ1v) is 14.6. The SMILES string of the molecule is CCO[Si](C)(CCCNC(=O)OC(CC)(COC(=O)NCC1CO1)OC(=O)NCC1CO1)OCC. The highest BCUT2D eigenvalue weighted by Gasteiger charge is 2.40. The lowest BCUT2D eigenvalue weighted by atomic mass is 10.2. The first kappa shape index (κ1) is 29.1. The molecule has 3 amide bonds. The first-order valence-electron chi connectivity index (χ1n) is 12.1. The standard InChI is InChI=1S/C21H39N3O10Si/c1-5-21(34-20(27)24-12-17-14-29-17,15-30-18(25)23-11-16-13-28-16)33-19(26)22-9-8-10-35(4,31-6-2)32-7-3/h16-17H,5-15H2,1-4H3,(H,22,26)(H,23,25)(H,24,27). The Morgan fingerprint density at radius 1 is 0.886 bits per heavy atom. The molecule has 0 aromatic carbocycles. The predicted molar refractivity (Wildman–Crippen MR) is 125 cm³/mol. The topological polar surface area (TPSA) is 159 Å². The molecule has 0 aliphatic carbocycles. The van der Waals surface area contributed by atoms with E-state index in [0.717, 1.165) is 0 Å². The van der Waals surface area contributed by atoms with Crippen molar-refractivity contribution in [2.24, 2.45) is 0 Å². The average molecular weight is 522 g/mol. The van der Waals surface area contributed by atoms with Crippen molar-refractivity contribution in [3.05, 3.63) is 0 Å². The fourth-order valence-corrected chi connectivity index (χ4v) is 5.54. The van der Waals surface area contributed by atoms with Crippen LogP contribution in [0.4, 0.5) is 14.4 Å². The quantitative estimate of drug-likeness (QED) is 0.111. The maximum atomic E-state index is 12.5. The number of alkyl carbamates (subject to hydrolysis) is 3. The number of nitrogens with one attached hydrogen (secondary N) is 3. The van der Waals surface area contributed by atoms with Crippen LogP contribution in [0.1, 0.15) is 33.6 Å². The summed E-state index contributed by atoms with van der Waals surface area (Å²) in [5.41, 5.74) is 0. The van der Waals surface area contributed by atoms with E-state index in [0.29, 0.717) is 52.0 Å². The number of rotatable bonds is 17. The molecule has 202 valence electrons. The summed E-state index contributed by atoms with van der Waals surface area (Å²) >= 11 is 0. The molecule has 0 radical (unpaired) electrons. The zero-order valence-corrected chi connectivity index (χ0v) is 22.0. The van der Waals surface area contributed by atoms with Gasteiger partial charge in [-0.15, -0.1) is 0 Å². The lowest BCUT2D eigenvalue weighted by molar-refractivity contribution is -0.187. The molecule has 35 heavy (non-hydrogen) atoms. The normalized spacial score (nSPS) is 20.2. The number of amides is 3. The Labute approximate surface area is 207 Å². The second-order valence-corrected chi connectivity index (χ2v) is 11.7. The van der Waals surface area contributed by atoms with Crippen molar-refractivity contribution < 1.29 is 46.9 Å². The molecule has 0 bridgehead atoms. The van der Waals surface area contributed by atoms with E-state index in [1.54, 1.807) is 6.92 Å². The van der Waals surface area contributed by atoms with Gasteiger partial charge in [-0.25, -0.2) is 14.4 Å². The van der Waals surface area contributed by atoms with Gasteiger partial charge in [-0.1, -0.05) is 6.92 Å².